The second-order valence-corrected chi connectivity index (χ2v) is 3.85. The van der Waals surface area contributed by atoms with E-state index in [1.807, 2.05) is 4.40 Å². The minimum absolute atomic E-state index is 0.412. The van der Waals surface area contributed by atoms with Crippen LogP contribution in [0.5, 0.6) is 0 Å². The molecule has 0 spiro atoms. The Bertz CT molecular complexity index is 440. The van der Waals surface area contributed by atoms with E-state index in [4.69, 9.17) is 7.85 Å². The summed E-state index contributed by atoms with van der Waals surface area (Å²) in [7, 11) is 5.63. The molecule has 2 rings (SSSR count). The highest BCUT2D eigenvalue weighted by molar-refractivity contribution is 9.10. The van der Waals surface area contributed by atoms with Crippen LogP contribution in [0.1, 0.15) is 0 Å². The van der Waals surface area contributed by atoms with Gasteiger partial charge in [-0.2, -0.15) is 0 Å². The van der Waals surface area contributed by atoms with Crippen molar-refractivity contribution >= 4 is 50.9 Å². The second kappa shape index (κ2) is 2.85. The molecule has 2 aromatic heterocycles. The van der Waals surface area contributed by atoms with Gasteiger partial charge in [0.2, 0.25) is 0 Å². The number of hydrogen-bond donors (Lipinski definition) is 0. The first-order valence-corrected chi connectivity index (χ1v) is 4.71. The van der Waals surface area contributed by atoms with E-state index in [0.29, 0.717) is 15.8 Å². The van der Waals surface area contributed by atoms with E-state index in [1.165, 1.54) is 0 Å². The molecule has 0 aliphatic carbocycles. The molecule has 0 fully saturated rings. The zero-order valence-corrected chi connectivity index (χ0v) is 9.00. The molecule has 0 unspecified atom stereocenters. The summed E-state index contributed by atoms with van der Waals surface area (Å²) >= 11 is 6.57. The lowest BCUT2D eigenvalue weighted by molar-refractivity contribution is 1.10. The smallest absolute Gasteiger partial charge is 0.148 e. The Hall–Kier alpha value is -0.355. The Morgan fingerprint density at radius 2 is 2.17 bits per heavy atom. The van der Waals surface area contributed by atoms with E-state index in [9.17, 15) is 0 Å². The van der Waals surface area contributed by atoms with E-state index >= 15 is 0 Å². The quantitative estimate of drug-likeness (QED) is 0.678. The van der Waals surface area contributed by atoms with Crippen molar-refractivity contribution in [3.05, 3.63) is 21.6 Å². The minimum Gasteiger partial charge on any atom is -0.291 e. The molecule has 3 nitrogen and oxygen atoms in total. The van der Waals surface area contributed by atoms with Crippen molar-refractivity contribution in [1.82, 2.24) is 14.4 Å². The number of halogens is 2. The predicted octanol–water partition coefficient (Wildman–Crippen LogP) is 1.05. The molecule has 0 bridgehead atoms. The molecule has 2 aromatic rings. The van der Waals surface area contributed by atoms with Gasteiger partial charge in [0.25, 0.3) is 0 Å². The summed E-state index contributed by atoms with van der Waals surface area (Å²) in [5, 5.41) is 0. The van der Waals surface area contributed by atoms with Crippen molar-refractivity contribution in [2.24, 2.45) is 0 Å². The lowest BCUT2D eigenvalue weighted by Crippen LogP contribution is -2.13. The fourth-order valence-electron chi connectivity index (χ4n) is 0.953. The van der Waals surface area contributed by atoms with Crippen molar-refractivity contribution < 1.29 is 0 Å². The fraction of sp³-hybridized carbons (Fsp3) is 0. The molecular formula is C6H2BBr2N3. The summed E-state index contributed by atoms with van der Waals surface area (Å²) in [6.45, 7) is 0. The normalized spacial score (nSPS) is 10.8. The number of aromatic nitrogens is 3. The molecule has 0 saturated heterocycles. The lowest BCUT2D eigenvalue weighted by Gasteiger charge is -1.99. The van der Waals surface area contributed by atoms with E-state index < -0.39 is 0 Å². The molecule has 58 valence electrons. The Kier molecular flexibility index (Phi) is 1.96. The maximum Gasteiger partial charge on any atom is 0.148 e. The van der Waals surface area contributed by atoms with Crippen LogP contribution in [0.4, 0.5) is 0 Å². The Morgan fingerprint density at radius 1 is 1.42 bits per heavy atom. The monoisotopic (exact) mass is 285 g/mol. The maximum atomic E-state index is 5.63. The third-order valence-electron chi connectivity index (χ3n) is 1.44. The van der Waals surface area contributed by atoms with Crippen LogP contribution in [0.2, 0.25) is 0 Å². The standard InChI is InChI=1S/C6H2BBr2N3/c7-5-6-10-1-4(9)12(6)2-3(8)11-5/h1-2H. The first-order valence-electron chi connectivity index (χ1n) is 3.13. The van der Waals surface area contributed by atoms with Crippen LogP contribution in [0.3, 0.4) is 0 Å². The molecular weight excluding hydrogens is 285 g/mol. The Morgan fingerprint density at radius 3 is 2.92 bits per heavy atom. The number of rotatable bonds is 0. The van der Waals surface area contributed by atoms with Gasteiger partial charge in [0.1, 0.15) is 22.7 Å². The molecule has 0 atom stereocenters. The largest absolute Gasteiger partial charge is 0.291 e. The number of hydrogen-bond acceptors (Lipinski definition) is 2. The first-order chi connectivity index (χ1) is 5.68. The van der Waals surface area contributed by atoms with Crippen LogP contribution in [-0.2, 0) is 0 Å². The molecule has 2 heterocycles. The lowest BCUT2D eigenvalue weighted by atomic mass is 10.1. The third kappa shape index (κ3) is 1.19. The molecule has 6 heteroatoms. The Balaban J connectivity index is 2.92. The van der Waals surface area contributed by atoms with Crippen molar-refractivity contribution in [3.8, 4) is 0 Å². The van der Waals surface area contributed by atoms with Crippen LogP contribution in [0.25, 0.3) is 5.65 Å². The van der Waals surface area contributed by atoms with Gasteiger partial charge in [-0.3, -0.25) is 9.38 Å². The van der Waals surface area contributed by atoms with Gasteiger partial charge in [-0.1, -0.05) is 0 Å². The van der Waals surface area contributed by atoms with Crippen molar-refractivity contribution in [3.63, 3.8) is 0 Å². The topological polar surface area (TPSA) is 30.2 Å². The summed E-state index contributed by atoms with van der Waals surface area (Å²) < 4.78 is 3.35. The molecule has 2 radical (unpaired) electrons. The zero-order valence-electron chi connectivity index (χ0n) is 5.83. The van der Waals surface area contributed by atoms with Crippen LogP contribution in [0, 0.1) is 0 Å². The van der Waals surface area contributed by atoms with Crippen molar-refractivity contribution in [2.75, 3.05) is 0 Å². The molecule has 0 amide bonds. The highest BCUT2D eigenvalue weighted by Gasteiger charge is 2.04. The summed E-state index contributed by atoms with van der Waals surface area (Å²) in [5.41, 5.74) is 1.07. The Labute approximate surface area is 86.9 Å². The van der Waals surface area contributed by atoms with Crippen LogP contribution in [-0.4, -0.2) is 22.2 Å². The fourth-order valence-corrected chi connectivity index (χ4v) is 1.72. The van der Waals surface area contributed by atoms with Crippen molar-refractivity contribution in [2.45, 2.75) is 0 Å². The average molecular weight is 287 g/mol. The molecule has 0 saturated carbocycles. The average Bonchev–Trinajstić information content (AvgIpc) is 2.33. The van der Waals surface area contributed by atoms with Crippen molar-refractivity contribution in [1.29, 1.82) is 0 Å². The second-order valence-electron chi connectivity index (χ2n) is 2.22. The molecule has 0 aliphatic heterocycles. The third-order valence-corrected chi connectivity index (χ3v) is 2.41. The summed E-state index contributed by atoms with van der Waals surface area (Å²) in [6, 6.07) is 0. The molecule has 0 aromatic carbocycles. The molecule has 0 N–H and O–H groups in total. The van der Waals surface area contributed by atoms with E-state index in [0.717, 1.165) is 4.60 Å². The van der Waals surface area contributed by atoms with Gasteiger partial charge in [-0.25, -0.2) is 4.98 Å². The first kappa shape index (κ1) is 8.25. The number of nitrogens with zero attached hydrogens (tertiary/aromatic N) is 3. The number of fused-ring (bicyclic) bond motifs is 1. The van der Waals surface area contributed by atoms with Gasteiger partial charge in [0.15, 0.2) is 0 Å². The van der Waals surface area contributed by atoms with Crippen LogP contribution in [0.15, 0.2) is 21.6 Å². The van der Waals surface area contributed by atoms with Gasteiger partial charge >= 0.3 is 0 Å². The maximum absolute atomic E-state index is 5.63. The summed E-state index contributed by atoms with van der Waals surface area (Å²) in [6.07, 6.45) is 3.47. The van der Waals surface area contributed by atoms with E-state index in [-0.39, 0.29) is 0 Å². The molecule has 12 heavy (non-hydrogen) atoms. The highest BCUT2D eigenvalue weighted by Crippen LogP contribution is 2.13. The van der Waals surface area contributed by atoms with Gasteiger partial charge in [0, 0.05) is 11.8 Å². The van der Waals surface area contributed by atoms with Crippen LogP contribution < -0.4 is 5.59 Å². The molecule has 0 aliphatic rings. The van der Waals surface area contributed by atoms with Gasteiger partial charge in [0.05, 0.1) is 6.20 Å². The van der Waals surface area contributed by atoms with Crippen LogP contribution >= 0.6 is 31.9 Å². The van der Waals surface area contributed by atoms with E-state index in [2.05, 4.69) is 41.8 Å². The van der Waals surface area contributed by atoms with Gasteiger partial charge in [-0.05, 0) is 31.9 Å². The van der Waals surface area contributed by atoms with Gasteiger partial charge in [-0.15, -0.1) is 0 Å². The minimum atomic E-state index is 0.412. The van der Waals surface area contributed by atoms with Gasteiger partial charge < -0.3 is 0 Å². The highest BCUT2D eigenvalue weighted by atomic mass is 79.9. The van der Waals surface area contributed by atoms with E-state index in [1.54, 1.807) is 12.4 Å². The zero-order chi connectivity index (χ0) is 8.72. The summed E-state index contributed by atoms with van der Waals surface area (Å²) in [4.78, 5) is 8.07. The number of imidazole rings is 1. The summed E-state index contributed by atoms with van der Waals surface area (Å²) in [5.74, 6) is 0. The predicted molar refractivity (Wildman–Crippen MR) is 53.8 cm³/mol. The SMILES string of the molecule is [B]c1nc(Br)cn2c(Br)cnc12.